The highest BCUT2D eigenvalue weighted by atomic mass is 32.1. The van der Waals surface area contributed by atoms with Crippen LogP contribution in [0.4, 0.5) is 0 Å². The van der Waals surface area contributed by atoms with Crippen molar-refractivity contribution in [1.82, 2.24) is 4.98 Å². The lowest BCUT2D eigenvalue weighted by atomic mass is 10.2. The number of aromatic nitrogens is 1. The van der Waals surface area contributed by atoms with Gasteiger partial charge in [0.15, 0.2) is 6.29 Å². The fourth-order valence-corrected chi connectivity index (χ4v) is 2.12. The number of carbonyl (C=O) groups excluding carboxylic acids is 1. The Bertz CT molecular complexity index is 278. The lowest BCUT2D eigenvalue weighted by Gasteiger charge is -2.02. The molecular weight excluding hydrogens is 174 g/mol. The Morgan fingerprint density at radius 2 is 2.67 bits per heavy atom. The third-order valence-corrected chi connectivity index (χ3v) is 2.82. The molecule has 1 atom stereocenters. The average molecular weight is 183 g/mol. The van der Waals surface area contributed by atoms with E-state index >= 15 is 0 Å². The molecule has 0 aromatic carbocycles. The van der Waals surface area contributed by atoms with E-state index in [0.717, 1.165) is 30.7 Å². The van der Waals surface area contributed by atoms with Gasteiger partial charge in [0.05, 0.1) is 0 Å². The fourth-order valence-electron chi connectivity index (χ4n) is 1.28. The molecule has 0 N–H and O–H groups in total. The smallest absolute Gasteiger partial charge is 0.169 e. The molecule has 0 spiro atoms. The van der Waals surface area contributed by atoms with Gasteiger partial charge in [-0.1, -0.05) is 0 Å². The van der Waals surface area contributed by atoms with Crippen LogP contribution in [0, 0.1) is 0 Å². The van der Waals surface area contributed by atoms with Crippen LogP contribution in [0.15, 0.2) is 5.38 Å². The van der Waals surface area contributed by atoms with Crippen molar-refractivity contribution in [3.05, 3.63) is 16.1 Å². The number of rotatable bonds is 2. The summed E-state index contributed by atoms with van der Waals surface area (Å²) in [5.74, 6) is 0. The average Bonchev–Trinajstić information content (AvgIpc) is 2.75. The van der Waals surface area contributed by atoms with Gasteiger partial charge in [-0.05, 0) is 12.8 Å². The summed E-state index contributed by atoms with van der Waals surface area (Å²) >= 11 is 1.50. The van der Waals surface area contributed by atoms with Gasteiger partial charge in [0.2, 0.25) is 0 Å². The van der Waals surface area contributed by atoms with Crippen molar-refractivity contribution in [2.75, 3.05) is 6.61 Å². The highest BCUT2D eigenvalue weighted by Crippen LogP contribution is 2.30. The number of thiazole rings is 1. The Labute approximate surface area is 74.4 Å². The van der Waals surface area contributed by atoms with Gasteiger partial charge in [-0.25, -0.2) is 4.98 Å². The molecule has 64 valence electrons. The van der Waals surface area contributed by atoms with E-state index in [1.807, 2.05) is 0 Å². The van der Waals surface area contributed by atoms with Crippen molar-refractivity contribution < 1.29 is 9.53 Å². The number of carbonyl (C=O) groups is 1. The van der Waals surface area contributed by atoms with E-state index in [1.54, 1.807) is 5.38 Å². The van der Waals surface area contributed by atoms with E-state index in [1.165, 1.54) is 11.3 Å². The molecule has 3 nitrogen and oxygen atoms in total. The van der Waals surface area contributed by atoms with Crippen LogP contribution >= 0.6 is 11.3 Å². The zero-order valence-corrected chi connectivity index (χ0v) is 7.34. The normalized spacial score (nSPS) is 22.8. The van der Waals surface area contributed by atoms with Crippen LogP contribution in [-0.4, -0.2) is 17.9 Å². The largest absolute Gasteiger partial charge is 0.371 e. The zero-order valence-electron chi connectivity index (χ0n) is 6.53. The number of hydrogen-bond donors (Lipinski definition) is 0. The van der Waals surface area contributed by atoms with Crippen molar-refractivity contribution in [2.45, 2.75) is 18.9 Å². The topological polar surface area (TPSA) is 39.2 Å². The molecule has 1 saturated heterocycles. The maximum Gasteiger partial charge on any atom is 0.169 e. The Kier molecular flexibility index (Phi) is 2.19. The summed E-state index contributed by atoms with van der Waals surface area (Å²) in [5, 5.41) is 2.71. The molecule has 12 heavy (non-hydrogen) atoms. The molecule has 0 amide bonds. The summed E-state index contributed by atoms with van der Waals surface area (Å²) in [6, 6.07) is 0. The van der Waals surface area contributed by atoms with Gasteiger partial charge in [0, 0.05) is 12.0 Å². The molecule has 1 aromatic heterocycles. The van der Waals surface area contributed by atoms with E-state index in [0.29, 0.717) is 5.69 Å². The highest BCUT2D eigenvalue weighted by molar-refractivity contribution is 7.09. The predicted molar refractivity (Wildman–Crippen MR) is 45.4 cm³/mol. The standard InChI is InChI=1S/C8H9NO2S/c10-4-6-5-12-8(9-6)7-2-1-3-11-7/h4-5,7H,1-3H2. The fraction of sp³-hybridized carbons (Fsp3) is 0.500. The lowest BCUT2D eigenvalue weighted by molar-refractivity contribution is 0.109. The van der Waals surface area contributed by atoms with Gasteiger partial charge < -0.3 is 4.74 Å². The van der Waals surface area contributed by atoms with Crippen LogP contribution in [-0.2, 0) is 4.74 Å². The molecule has 2 rings (SSSR count). The Hall–Kier alpha value is -0.740. The second-order valence-electron chi connectivity index (χ2n) is 2.73. The summed E-state index contributed by atoms with van der Waals surface area (Å²) in [4.78, 5) is 14.5. The molecule has 0 saturated carbocycles. The molecule has 1 aliphatic heterocycles. The van der Waals surface area contributed by atoms with E-state index < -0.39 is 0 Å². The Morgan fingerprint density at radius 1 is 1.75 bits per heavy atom. The second kappa shape index (κ2) is 3.33. The molecule has 0 aliphatic carbocycles. The third kappa shape index (κ3) is 1.40. The number of ether oxygens (including phenoxy) is 1. The Morgan fingerprint density at radius 3 is 3.25 bits per heavy atom. The van der Waals surface area contributed by atoms with Gasteiger partial charge in [0.1, 0.15) is 16.8 Å². The minimum atomic E-state index is 0.142. The Balaban J connectivity index is 2.16. The molecule has 0 bridgehead atoms. The van der Waals surface area contributed by atoms with Crippen molar-refractivity contribution in [3.8, 4) is 0 Å². The monoisotopic (exact) mass is 183 g/mol. The molecule has 0 radical (unpaired) electrons. The van der Waals surface area contributed by atoms with Crippen LogP contribution in [0.1, 0.15) is 34.4 Å². The SMILES string of the molecule is O=Cc1csc(C2CCCO2)n1. The van der Waals surface area contributed by atoms with Crippen molar-refractivity contribution in [3.63, 3.8) is 0 Å². The van der Waals surface area contributed by atoms with Gasteiger partial charge in [-0.3, -0.25) is 4.79 Å². The molecule has 1 fully saturated rings. The minimum Gasteiger partial charge on any atom is -0.371 e. The second-order valence-corrected chi connectivity index (χ2v) is 3.62. The van der Waals surface area contributed by atoms with Crippen LogP contribution in [0.5, 0.6) is 0 Å². The first-order chi connectivity index (χ1) is 5.90. The summed E-state index contributed by atoms with van der Waals surface area (Å²) in [6.45, 7) is 0.820. The zero-order chi connectivity index (χ0) is 8.39. The van der Waals surface area contributed by atoms with E-state index in [9.17, 15) is 4.79 Å². The first-order valence-electron chi connectivity index (χ1n) is 3.92. The first-order valence-corrected chi connectivity index (χ1v) is 4.80. The van der Waals surface area contributed by atoms with Gasteiger partial charge in [0.25, 0.3) is 0 Å². The molecule has 4 heteroatoms. The lowest BCUT2D eigenvalue weighted by Crippen LogP contribution is -1.94. The van der Waals surface area contributed by atoms with Gasteiger partial charge >= 0.3 is 0 Å². The van der Waals surface area contributed by atoms with Crippen molar-refractivity contribution >= 4 is 17.6 Å². The van der Waals surface area contributed by atoms with E-state index in [4.69, 9.17) is 4.74 Å². The molecule has 1 aliphatic rings. The molecule has 2 heterocycles. The summed E-state index contributed by atoms with van der Waals surface area (Å²) in [7, 11) is 0. The quantitative estimate of drug-likeness (QED) is 0.656. The van der Waals surface area contributed by atoms with Crippen LogP contribution < -0.4 is 0 Å². The van der Waals surface area contributed by atoms with Crippen molar-refractivity contribution in [1.29, 1.82) is 0 Å². The van der Waals surface area contributed by atoms with Crippen molar-refractivity contribution in [2.24, 2.45) is 0 Å². The third-order valence-electron chi connectivity index (χ3n) is 1.87. The van der Waals surface area contributed by atoms with Crippen LogP contribution in [0.3, 0.4) is 0 Å². The summed E-state index contributed by atoms with van der Waals surface area (Å²) < 4.78 is 5.43. The highest BCUT2D eigenvalue weighted by Gasteiger charge is 2.20. The maximum absolute atomic E-state index is 10.3. The number of hydrogen-bond acceptors (Lipinski definition) is 4. The van der Waals surface area contributed by atoms with Gasteiger partial charge in [-0.2, -0.15) is 0 Å². The summed E-state index contributed by atoms with van der Waals surface area (Å²) in [6.07, 6.45) is 3.05. The van der Waals surface area contributed by atoms with E-state index in [2.05, 4.69) is 4.98 Å². The maximum atomic E-state index is 10.3. The summed E-state index contributed by atoms with van der Waals surface area (Å²) in [5.41, 5.74) is 0.519. The van der Waals surface area contributed by atoms with Crippen LogP contribution in [0.2, 0.25) is 0 Å². The molecular formula is C8H9NO2S. The minimum absolute atomic E-state index is 0.142. The van der Waals surface area contributed by atoms with Crippen LogP contribution in [0.25, 0.3) is 0 Å². The number of aldehydes is 1. The predicted octanol–water partition coefficient (Wildman–Crippen LogP) is 1.81. The van der Waals surface area contributed by atoms with E-state index in [-0.39, 0.29) is 6.10 Å². The molecule has 1 unspecified atom stereocenters. The molecule has 1 aromatic rings. The first kappa shape index (κ1) is 7.89. The number of nitrogens with zero attached hydrogens (tertiary/aromatic N) is 1. The van der Waals surface area contributed by atoms with Gasteiger partial charge in [-0.15, -0.1) is 11.3 Å².